The van der Waals surface area contributed by atoms with Gasteiger partial charge in [0, 0.05) is 38.4 Å². The first kappa shape index (κ1) is 21.1. The van der Waals surface area contributed by atoms with Crippen molar-refractivity contribution in [1.29, 1.82) is 0 Å². The zero-order chi connectivity index (χ0) is 20.9. The highest BCUT2D eigenvalue weighted by Crippen LogP contribution is 2.16. The molecule has 1 saturated heterocycles. The molecule has 0 bridgehead atoms. The molecule has 0 atom stereocenters. The lowest BCUT2D eigenvalue weighted by Crippen LogP contribution is -2.38. The molecule has 0 aliphatic carbocycles. The summed E-state index contributed by atoms with van der Waals surface area (Å²) in [7, 11) is -2.09. The number of benzene rings is 2. The Labute approximate surface area is 171 Å². The number of primary sulfonamides is 1. The predicted molar refractivity (Wildman–Crippen MR) is 111 cm³/mol. The smallest absolute Gasteiger partial charge is 0.321 e. The largest absolute Gasteiger partial charge is 0.497 e. The van der Waals surface area contributed by atoms with Crippen LogP contribution < -0.4 is 15.2 Å². The van der Waals surface area contributed by atoms with Crippen LogP contribution >= 0.6 is 0 Å². The van der Waals surface area contributed by atoms with E-state index in [0.717, 1.165) is 31.8 Å². The fourth-order valence-corrected chi connectivity index (χ4v) is 3.77. The summed E-state index contributed by atoms with van der Waals surface area (Å²) in [6.07, 6.45) is 0.883. The van der Waals surface area contributed by atoms with Gasteiger partial charge in [0.2, 0.25) is 10.0 Å². The average Bonchev–Trinajstić information content (AvgIpc) is 2.94. The monoisotopic (exact) mass is 418 g/mol. The Morgan fingerprint density at radius 1 is 1.03 bits per heavy atom. The van der Waals surface area contributed by atoms with Gasteiger partial charge >= 0.3 is 6.03 Å². The van der Waals surface area contributed by atoms with Gasteiger partial charge in [0.1, 0.15) is 5.75 Å². The van der Waals surface area contributed by atoms with Crippen LogP contribution in [-0.4, -0.2) is 57.5 Å². The Hall–Kier alpha value is -2.62. The molecule has 0 aromatic heterocycles. The number of hydrogen-bond donors (Lipinski definition) is 2. The van der Waals surface area contributed by atoms with E-state index >= 15 is 0 Å². The minimum Gasteiger partial charge on any atom is -0.497 e. The van der Waals surface area contributed by atoms with Crippen molar-refractivity contribution in [3.05, 3.63) is 54.1 Å². The Balaban J connectivity index is 1.53. The van der Waals surface area contributed by atoms with Crippen molar-refractivity contribution in [2.45, 2.75) is 17.9 Å². The Bertz CT molecular complexity index is 930. The van der Waals surface area contributed by atoms with Crippen molar-refractivity contribution in [3.63, 3.8) is 0 Å². The van der Waals surface area contributed by atoms with E-state index < -0.39 is 10.0 Å². The van der Waals surface area contributed by atoms with Crippen molar-refractivity contribution in [2.75, 3.05) is 38.6 Å². The van der Waals surface area contributed by atoms with Crippen molar-refractivity contribution < 1.29 is 17.9 Å². The SMILES string of the molecule is COc1ccc(CN2CCCN(C(=O)Nc3ccc(S(N)(=O)=O)cc3)CC2)cc1. The fraction of sp³-hybridized carbons (Fsp3) is 0.350. The number of rotatable bonds is 5. The molecule has 156 valence electrons. The number of urea groups is 1. The van der Waals surface area contributed by atoms with Gasteiger partial charge in [-0.2, -0.15) is 0 Å². The molecule has 3 rings (SSSR count). The molecule has 1 aliphatic heterocycles. The lowest BCUT2D eigenvalue weighted by atomic mass is 10.2. The Kier molecular flexibility index (Phi) is 6.73. The normalized spacial score (nSPS) is 15.6. The molecule has 2 aromatic rings. The van der Waals surface area contributed by atoms with Crippen LogP contribution in [-0.2, 0) is 16.6 Å². The number of carbonyl (C=O) groups excluding carboxylic acids is 1. The minimum absolute atomic E-state index is 0.0134. The summed E-state index contributed by atoms with van der Waals surface area (Å²) in [6, 6.07) is 13.6. The van der Waals surface area contributed by atoms with Gasteiger partial charge in [-0.05, 0) is 48.4 Å². The van der Waals surface area contributed by atoms with Crippen LogP contribution in [0.5, 0.6) is 5.75 Å². The maximum absolute atomic E-state index is 12.6. The number of nitrogens with zero attached hydrogens (tertiary/aromatic N) is 2. The number of sulfonamides is 1. The highest BCUT2D eigenvalue weighted by atomic mass is 32.2. The highest BCUT2D eigenvalue weighted by Gasteiger charge is 2.19. The van der Waals surface area contributed by atoms with Gasteiger partial charge in [-0.3, -0.25) is 4.90 Å². The average molecular weight is 419 g/mol. The number of nitrogens with two attached hydrogens (primary N) is 1. The Morgan fingerprint density at radius 3 is 2.34 bits per heavy atom. The van der Waals surface area contributed by atoms with E-state index in [-0.39, 0.29) is 10.9 Å². The van der Waals surface area contributed by atoms with Gasteiger partial charge in [0.05, 0.1) is 12.0 Å². The number of methoxy groups -OCH3 is 1. The molecule has 9 heteroatoms. The molecule has 1 heterocycles. The van der Waals surface area contributed by atoms with Gasteiger partial charge in [0.25, 0.3) is 0 Å². The number of ether oxygens (including phenoxy) is 1. The van der Waals surface area contributed by atoms with E-state index in [9.17, 15) is 13.2 Å². The van der Waals surface area contributed by atoms with Crippen molar-refractivity contribution in [2.24, 2.45) is 5.14 Å². The lowest BCUT2D eigenvalue weighted by molar-refractivity contribution is 0.211. The summed E-state index contributed by atoms with van der Waals surface area (Å²) in [5, 5.41) is 7.91. The van der Waals surface area contributed by atoms with E-state index in [1.54, 1.807) is 12.0 Å². The van der Waals surface area contributed by atoms with Crippen LogP contribution in [0.1, 0.15) is 12.0 Å². The zero-order valence-corrected chi connectivity index (χ0v) is 17.2. The van der Waals surface area contributed by atoms with Crippen LogP contribution in [0.4, 0.5) is 10.5 Å². The van der Waals surface area contributed by atoms with E-state index in [2.05, 4.69) is 22.3 Å². The van der Waals surface area contributed by atoms with Crippen LogP contribution in [0, 0.1) is 0 Å². The lowest BCUT2D eigenvalue weighted by Gasteiger charge is -2.22. The first-order valence-electron chi connectivity index (χ1n) is 9.39. The summed E-state index contributed by atoms with van der Waals surface area (Å²) >= 11 is 0. The zero-order valence-electron chi connectivity index (χ0n) is 16.4. The van der Waals surface area contributed by atoms with Crippen LogP contribution in [0.25, 0.3) is 0 Å². The molecule has 8 nitrogen and oxygen atoms in total. The van der Waals surface area contributed by atoms with Gasteiger partial charge in [0.15, 0.2) is 0 Å². The third-order valence-corrected chi connectivity index (χ3v) is 5.80. The molecule has 1 fully saturated rings. The molecule has 2 amide bonds. The van der Waals surface area contributed by atoms with E-state index in [0.29, 0.717) is 18.8 Å². The second kappa shape index (κ2) is 9.25. The van der Waals surface area contributed by atoms with Crippen LogP contribution in [0.3, 0.4) is 0 Å². The molecule has 29 heavy (non-hydrogen) atoms. The van der Waals surface area contributed by atoms with Gasteiger partial charge < -0.3 is 15.0 Å². The topological polar surface area (TPSA) is 105 Å². The number of carbonyl (C=O) groups is 1. The van der Waals surface area contributed by atoms with Crippen LogP contribution in [0.15, 0.2) is 53.4 Å². The van der Waals surface area contributed by atoms with Crippen LogP contribution in [0.2, 0.25) is 0 Å². The molecule has 0 radical (unpaired) electrons. The molecule has 2 aromatic carbocycles. The third-order valence-electron chi connectivity index (χ3n) is 4.88. The maximum atomic E-state index is 12.6. The maximum Gasteiger partial charge on any atom is 0.321 e. The second-order valence-corrected chi connectivity index (χ2v) is 8.53. The molecule has 0 unspecified atom stereocenters. The van der Waals surface area contributed by atoms with Gasteiger partial charge in [-0.1, -0.05) is 12.1 Å². The predicted octanol–water partition coefficient (Wildman–Crippen LogP) is 2.08. The first-order valence-corrected chi connectivity index (χ1v) is 10.9. The van der Waals surface area contributed by atoms with Gasteiger partial charge in [-0.25, -0.2) is 18.4 Å². The second-order valence-electron chi connectivity index (χ2n) is 6.96. The van der Waals surface area contributed by atoms with E-state index in [4.69, 9.17) is 9.88 Å². The molecular weight excluding hydrogens is 392 g/mol. The van der Waals surface area contributed by atoms with Crippen molar-refractivity contribution in [3.8, 4) is 5.75 Å². The standard InChI is InChI=1S/C20H26N4O4S/c1-28-18-7-3-16(4-8-18)15-23-11-2-12-24(14-13-23)20(25)22-17-5-9-19(10-6-17)29(21,26)27/h3-10H,2,11-15H2,1H3,(H,22,25)(H2,21,26,27). The van der Waals surface area contributed by atoms with Gasteiger partial charge in [-0.15, -0.1) is 0 Å². The van der Waals surface area contributed by atoms with Crippen molar-refractivity contribution >= 4 is 21.7 Å². The molecule has 1 aliphatic rings. The fourth-order valence-electron chi connectivity index (χ4n) is 3.25. The Morgan fingerprint density at radius 2 is 1.72 bits per heavy atom. The molecule has 0 saturated carbocycles. The summed E-state index contributed by atoms with van der Waals surface area (Å²) in [5.74, 6) is 0.838. The first-order chi connectivity index (χ1) is 13.8. The number of hydrogen-bond acceptors (Lipinski definition) is 5. The van der Waals surface area contributed by atoms with E-state index in [1.807, 2.05) is 12.1 Å². The minimum atomic E-state index is -3.74. The molecule has 0 spiro atoms. The van der Waals surface area contributed by atoms with E-state index in [1.165, 1.54) is 29.8 Å². The third kappa shape index (κ3) is 5.93. The highest BCUT2D eigenvalue weighted by molar-refractivity contribution is 7.89. The number of anilines is 1. The summed E-state index contributed by atoms with van der Waals surface area (Å²) < 4.78 is 27.8. The van der Waals surface area contributed by atoms with Crippen molar-refractivity contribution in [1.82, 2.24) is 9.80 Å². The molecule has 3 N–H and O–H groups in total. The molecular formula is C20H26N4O4S. The summed E-state index contributed by atoms with van der Waals surface area (Å²) in [5.41, 5.74) is 1.74. The quantitative estimate of drug-likeness (QED) is 0.774. The summed E-state index contributed by atoms with van der Waals surface area (Å²) in [4.78, 5) is 16.7. The number of amides is 2. The summed E-state index contributed by atoms with van der Waals surface area (Å²) in [6.45, 7) is 3.81. The number of nitrogens with one attached hydrogen (secondary N) is 1.